The van der Waals surface area contributed by atoms with Gasteiger partial charge in [0.25, 0.3) is 0 Å². The maximum atomic E-state index is 8.54. The van der Waals surface area contributed by atoms with Crippen molar-refractivity contribution in [3.63, 3.8) is 0 Å². The Bertz CT molecular complexity index is 341. The Kier molecular flexibility index (Phi) is 4.36. The van der Waals surface area contributed by atoms with Gasteiger partial charge in [0.05, 0.1) is 12.2 Å². The van der Waals surface area contributed by atoms with Crippen molar-refractivity contribution in [3.05, 3.63) is 23.9 Å². The third-order valence-corrected chi connectivity index (χ3v) is 1.68. The first-order valence-electron chi connectivity index (χ1n) is 4.34. The van der Waals surface area contributed by atoms with Crippen molar-refractivity contribution in [2.75, 3.05) is 20.3 Å². The van der Waals surface area contributed by atoms with Gasteiger partial charge in [-0.25, -0.2) is 4.98 Å². The number of hydrogen-bond donors (Lipinski definition) is 2. The number of hydrogen-bond acceptors (Lipinski definition) is 5. The number of oxime groups is 1. The van der Waals surface area contributed by atoms with Gasteiger partial charge in [-0.1, -0.05) is 5.16 Å². The van der Waals surface area contributed by atoms with Crippen molar-refractivity contribution >= 4 is 5.84 Å². The second-order valence-corrected chi connectivity index (χ2v) is 2.68. The monoisotopic (exact) mass is 211 g/mol. The topological polar surface area (TPSA) is 90.0 Å². The number of ether oxygens (including phenoxy) is 2. The summed E-state index contributed by atoms with van der Waals surface area (Å²) in [7, 11) is 1.58. The van der Waals surface area contributed by atoms with Crippen molar-refractivity contribution in [1.82, 2.24) is 4.98 Å². The molecule has 1 heterocycles. The third-order valence-electron chi connectivity index (χ3n) is 1.68. The molecule has 0 saturated heterocycles. The number of rotatable bonds is 5. The highest BCUT2D eigenvalue weighted by Crippen LogP contribution is 2.13. The van der Waals surface area contributed by atoms with Crippen molar-refractivity contribution in [1.29, 1.82) is 0 Å². The van der Waals surface area contributed by atoms with Crippen LogP contribution in [0.1, 0.15) is 5.56 Å². The Balaban J connectivity index is 2.77. The van der Waals surface area contributed by atoms with E-state index in [-0.39, 0.29) is 5.84 Å². The predicted molar refractivity (Wildman–Crippen MR) is 54.1 cm³/mol. The summed E-state index contributed by atoms with van der Waals surface area (Å²) in [6.45, 7) is 0.811. The van der Waals surface area contributed by atoms with Crippen molar-refractivity contribution < 1.29 is 14.7 Å². The van der Waals surface area contributed by atoms with Crippen LogP contribution in [-0.4, -0.2) is 36.4 Å². The lowest BCUT2D eigenvalue weighted by Crippen LogP contribution is -2.16. The van der Waals surface area contributed by atoms with E-state index in [2.05, 4.69) is 10.1 Å². The number of pyridine rings is 1. The van der Waals surface area contributed by atoms with E-state index in [0.717, 1.165) is 0 Å². The summed E-state index contributed by atoms with van der Waals surface area (Å²) in [6.07, 6.45) is 1.57. The molecule has 82 valence electrons. The SMILES string of the molecule is COCCOc1ncccc1/C(N)=N/O. The van der Waals surface area contributed by atoms with Gasteiger partial charge in [0.1, 0.15) is 6.61 Å². The summed E-state index contributed by atoms with van der Waals surface area (Å²) < 4.78 is 10.1. The molecule has 0 fully saturated rings. The quantitative estimate of drug-likeness (QED) is 0.239. The molecule has 0 aliphatic carbocycles. The molecule has 0 spiro atoms. The highest BCUT2D eigenvalue weighted by atomic mass is 16.5. The summed E-state index contributed by atoms with van der Waals surface area (Å²) in [5.41, 5.74) is 5.90. The minimum absolute atomic E-state index is 0.0319. The van der Waals surface area contributed by atoms with Gasteiger partial charge in [0.15, 0.2) is 5.84 Å². The third kappa shape index (κ3) is 3.10. The largest absolute Gasteiger partial charge is 0.475 e. The van der Waals surface area contributed by atoms with Crippen LogP contribution in [0.4, 0.5) is 0 Å². The molecule has 1 aromatic rings. The van der Waals surface area contributed by atoms with Gasteiger partial charge in [0, 0.05) is 13.3 Å². The van der Waals surface area contributed by atoms with Crippen LogP contribution in [0.3, 0.4) is 0 Å². The minimum atomic E-state index is -0.0319. The number of methoxy groups -OCH3 is 1. The van der Waals surface area contributed by atoms with Gasteiger partial charge >= 0.3 is 0 Å². The molecule has 0 unspecified atom stereocenters. The molecule has 3 N–H and O–H groups in total. The van der Waals surface area contributed by atoms with Crippen LogP contribution >= 0.6 is 0 Å². The number of nitrogens with zero attached hydrogens (tertiary/aromatic N) is 2. The minimum Gasteiger partial charge on any atom is -0.475 e. The van der Waals surface area contributed by atoms with Crippen LogP contribution in [-0.2, 0) is 4.74 Å². The Labute approximate surface area is 87.3 Å². The molecule has 0 aliphatic heterocycles. The Morgan fingerprint density at radius 2 is 2.40 bits per heavy atom. The Hall–Kier alpha value is -1.82. The fourth-order valence-electron chi connectivity index (χ4n) is 0.976. The summed E-state index contributed by atoms with van der Waals surface area (Å²) in [5, 5.41) is 11.4. The first-order chi connectivity index (χ1) is 7.29. The zero-order valence-electron chi connectivity index (χ0n) is 8.38. The van der Waals surface area contributed by atoms with Gasteiger partial charge in [0.2, 0.25) is 5.88 Å². The van der Waals surface area contributed by atoms with Crippen molar-refractivity contribution in [2.45, 2.75) is 0 Å². The van der Waals surface area contributed by atoms with Crippen molar-refractivity contribution in [2.24, 2.45) is 10.9 Å². The fraction of sp³-hybridized carbons (Fsp3) is 0.333. The summed E-state index contributed by atoms with van der Waals surface area (Å²) in [5.74, 6) is 0.292. The highest BCUT2D eigenvalue weighted by molar-refractivity contribution is 5.98. The molecule has 1 aromatic heterocycles. The van der Waals surface area contributed by atoms with Crippen LogP contribution in [0.2, 0.25) is 0 Å². The number of amidine groups is 1. The second-order valence-electron chi connectivity index (χ2n) is 2.68. The van der Waals surface area contributed by atoms with E-state index in [9.17, 15) is 0 Å². The molecule has 0 bridgehead atoms. The fourth-order valence-corrected chi connectivity index (χ4v) is 0.976. The molecule has 0 aliphatic rings. The average molecular weight is 211 g/mol. The maximum Gasteiger partial charge on any atom is 0.224 e. The molecule has 6 heteroatoms. The Morgan fingerprint density at radius 1 is 1.60 bits per heavy atom. The van der Waals surface area contributed by atoms with E-state index in [4.69, 9.17) is 20.4 Å². The van der Waals surface area contributed by atoms with E-state index >= 15 is 0 Å². The molecule has 0 saturated carbocycles. The van der Waals surface area contributed by atoms with Gasteiger partial charge in [-0.2, -0.15) is 0 Å². The normalized spacial score (nSPS) is 11.4. The predicted octanol–water partition coefficient (Wildman–Crippen LogP) is 0.201. The highest BCUT2D eigenvalue weighted by Gasteiger charge is 2.08. The van der Waals surface area contributed by atoms with E-state index in [1.807, 2.05) is 0 Å². The Morgan fingerprint density at radius 3 is 3.07 bits per heavy atom. The maximum absolute atomic E-state index is 8.54. The molecule has 15 heavy (non-hydrogen) atoms. The van der Waals surface area contributed by atoms with Crippen LogP contribution in [0.25, 0.3) is 0 Å². The molecule has 0 aromatic carbocycles. The zero-order valence-corrected chi connectivity index (χ0v) is 8.38. The molecule has 0 amide bonds. The van der Waals surface area contributed by atoms with E-state index < -0.39 is 0 Å². The van der Waals surface area contributed by atoms with Gasteiger partial charge < -0.3 is 20.4 Å². The molecule has 0 radical (unpaired) electrons. The van der Waals surface area contributed by atoms with E-state index in [0.29, 0.717) is 24.7 Å². The van der Waals surface area contributed by atoms with Crippen LogP contribution in [0, 0.1) is 0 Å². The first-order valence-corrected chi connectivity index (χ1v) is 4.34. The van der Waals surface area contributed by atoms with E-state index in [1.54, 1.807) is 25.4 Å². The molecular formula is C9H13N3O3. The molecule has 1 rings (SSSR count). The summed E-state index contributed by atoms with van der Waals surface area (Å²) in [4.78, 5) is 3.97. The lowest BCUT2D eigenvalue weighted by atomic mass is 10.2. The zero-order chi connectivity index (χ0) is 11.1. The lowest BCUT2D eigenvalue weighted by Gasteiger charge is -2.08. The van der Waals surface area contributed by atoms with Gasteiger partial charge in [-0.15, -0.1) is 0 Å². The van der Waals surface area contributed by atoms with Gasteiger partial charge in [-0.3, -0.25) is 0 Å². The van der Waals surface area contributed by atoms with Crippen molar-refractivity contribution in [3.8, 4) is 5.88 Å². The number of nitrogens with two attached hydrogens (primary N) is 1. The van der Waals surface area contributed by atoms with Gasteiger partial charge in [-0.05, 0) is 12.1 Å². The van der Waals surface area contributed by atoms with E-state index in [1.165, 1.54) is 0 Å². The summed E-state index contributed by atoms with van der Waals surface area (Å²) in [6, 6.07) is 3.33. The molecule has 0 atom stereocenters. The smallest absolute Gasteiger partial charge is 0.224 e. The molecular weight excluding hydrogens is 198 g/mol. The second kappa shape index (κ2) is 5.82. The standard InChI is InChI=1S/C9H13N3O3/c1-14-5-6-15-9-7(8(10)12-13)3-2-4-11-9/h2-4,13H,5-6H2,1H3,(H2,10,12). The summed E-state index contributed by atoms with van der Waals surface area (Å²) >= 11 is 0. The first kappa shape index (κ1) is 11.3. The average Bonchev–Trinajstić information content (AvgIpc) is 2.29. The lowest BCUT2D eigenvalue weighted by molar-refractivity contribution is 0.143. The molecule has 6 nitrogen and oxygen atoms in total. The van der Waals surface area contributed by atoms with Crippen LogP contribution < -0.4 is 10.5 Å². The van der Waals surface area contributed by atoms with Crippen LogP contribution in [0.5, 0.6) is 5.88 Å². The number of aromatic nitrogens is 1. The van der Waals surface area contributed by atoms with Crippen LogP contribution in [0.15, 0.2) is 23.5 Å².